The molecule has 0 fully saturated rings. The van der Waals surface area contributed by atoms with Crippen molar-refractivity contribution in [1.82, 2.24) is 5.32 Å². The summed E-state index contributed by atoms with van der Waals surface area (Å²) in [5, 5.41) is 12.1. The molecule has 0 aliphatic carbocycles. The number of nitriles is 1. The highest BCUT2D eigenvalue weighted by Gasteiger charge is 2.15. The quantitative estimate of drug-likeness (QED) is 0.699. The van der Waals surface area contributed by atoms with Gasteiger partial charge in [-0.05, 0) is 57.4 Å². The molecule has 1 N–H and O–H groups in total. The average Bonchev–Trinajstić information content (AvgIpc) is 2.44. The first-order chi connectivity index (χ1) is 9.96. The summed E-state index contributed by atoms with van der Waals surface area (Å²) in [5.74, 6) is 0.300. The summed E-state index contributed by atoms with van der Waals surface area (Å²) < 4.78 is 19.1. The Morgan fingerprint density at radius 1 is 1.29 bits per heavy atom. The maximum atomic E-state index is 13.5. The lowest BCUT2D eigenvalue weighted by Crippen LogP contribution is -2.12. The highest BCUT2D eigenvalue weighted by Crippen LogP contribution is 2.22. The van der Waals surface area contributed by atoms with E-state index in [4.69, 9.17) is 10.00 Å². The Morgan fingerprint density at radius 3 is 2.71 bits per heavy atom. The van der Waals surface area contributed by atoms with Crippen molar-refractivity contribution in [2.45, 2.75) is 46.6 Å². The number of nitrogens with one attached hydrogen (secondary N) is 1. The molecule has 0 saturated carbocycles. The van der Waals surface area contributed by atoms with E-state index in [2.05, 4.69) is 11.4 Å². The fraction of sp³-hybridized carbons (Fsp3) is 0.588. The maximum absolute atomic E-state index is 13.5. The molecule has 0 aliphatic rings. The van der Waals surface area contributed by atoms with Gasteiger partial charge in [-0.25, -0.2) is 4.39 Å². The topological polar surface area (TPSA) is 45.0 Å². The molecule has 0 spiro atoms. The van der Waals surface area contributed by atoms with Crippen molar-refractivity contribution in [1.29, 1.82) is 5.26 Å². The minimum atomic E-state index is -0.280. The van der Waals surface area contributed by atoms with Gasteiger partial charge in [0.2, 0.25) is 0 Å². The Kier molecular flexibility index (Phi) is 7.18. The zero-order valence-corrected chi connectivity index (χ0v) is 13.2. The predicted octanol–water partition coefficient (Wildman–Crippen LogP) is 4.03. The molecule has 0 aromatic heterocycles. The molecule has 4 heteroatoms. The van der Waals surface area contributed by atoms with Crippen molar-refractivity contribution in [2.24, 2.45) is 5.41 Å². The number of hydrogen-bond donors (Lipinski definition) is 1. The summed E-state index contributed by atoms with van der Waals surface area (Å²) in [6, 6.07) is 7.08. The highest BCUT2D eigenvalue weighted by molar-refractivity contribution is 5.29. The van der Waals surface area contributed by atoms with E-state index in [9.17, 15) is 4.39 Å². The molecule has 0 amide bonds. The van der Waals surface area contributed by atoms with Crippen LogP contribution in [0.25, 0.3) is 0 Å². The summed E-state index contributed by atoms with van der Waals surface area (Å²) in [7, 11) is 0. The van der Waals surface area contributed by atoms with Gasteiger partial charge >= 0.3 is 0 Å². The second-order valence-electron chi connectivity index (χ2n) is 5.88. The smallest absolute Gasteiger partial charge is 0.127 e. The van der Waals surface area contributed by atoms with Crippen LogP contribution >= 0.6 is 0 Å². The number of hydrogen-bond acceptors (Lipinski definition) is 3. The van der Waals surface area contributed by atoms with Crippen LogP contribution in [-0.2, 0) is 6.54 Å². The zero-order valence-electron chi connectivity index (χ0n) is 13.2. The third-order valence-corrected chi connectivity index (χ3v) is 3.28. The van der Waals surface area contributed by atoms with Crippen molar-refractivity contribution < 1.29 is 9.13 Å². The molecule has 0 atom stereocenters. The third-order valence-electron chi connectivity index (χ3n) is 3.28. The standard InChI is InChI=1S/C17H25FN2O/c1-4-20-12-14-9-15(18)11-16(10-14)21-8-6-5-7-17(2,3)13-19/h9-11,20H,4-8,12H2,1-3H3. The van der Waals surface area contributed by atoms with Gasteiger partial charge in [0.05, 0.1) is 18.1 Å². The van der Waals surface area contributed by atoms with Gasteiger partial charge in [-0.1, -0.05) is 6.92 Å². The van der Waals surface area contributed by atoms with Crippen LogP contribution in [0.3, 0.4) is 0 Å². The number of unbranched alkanes of at least 4 members (excludes halogenated alkanes) is 1. The first-order valence-electron chi connectivity index (χ1n) is 7.51. The van der Waals surface area contributed by atoms with E-state index in [1.54, 1.807) is 0 Å². The average molecular weight is 292 g/mol. The summed E-state index contributed by atoms with van der Waals surface area (Å²) in [6.45, 7) is 7.92. The lowest BCUT2D eigenvalue weighted by molar-refractivity contribution is 0.293. The van der Waals surface area contributed by atoms with Gasteiger partial charge in [0.1, 0.15) is 11.6 Å². The van der Waals surface area contributed by atoms with Crippen molar-refractivity contribution in [3.05, 3.63) is 29.6 Å². The SMILES string of the molecule is CCNCc1cc(F)cc(OCCCCC(C)(C)C#N)c1. The molecule has 0 bridgehead atoms. The van der Waals surface area contributed by atoms with E-state index < -0.39 is 0 Å². The monoisotopic (exact) mass is 292 g/mol. The Labute approximate surface area is 127 Å². The summed E-state index contributed by atoms with van der Waals surface area (Å²) in [4.78, 5) is 0. The minimum absolute atomic E-state index is 0.272. The van der Waals surface area contributed by atoms with Crippen LogP contribution in [0.4, 0.5) is 4.39 Å². The predicted molar refractivity (Wildman–Crippen MR) is 82.5 cm³/mol. The molecular formula is C17H25FN2O. The molecule has 0 heterocycles. The van der Waals surface area contributed by atoms with E-state index in [-0.39, 0.29) is 11.2 Å². The summed E-state index contributed by atoms with van der Waals surface area (Å²) in [5.41, 5.74) is 0.607. The number of halogens is 1. The van der Waals surface area contributed by atoms with Crippen LogP contribution in [0.5, 0.6) is 5.75 Å². The van der Waals surface area contributed by atoms with E-state index in [0.29, 0.717) is 18.9 Å². The van der Waals surface area contributed by atoms with Gasteiger partial charge in [-0.3, -0.25) is 0 Å². The van der Waals surface area contributed by atoms with Crippen LogP contribution in [-0.4, -0.2) is 13.2 Å². The lowest BCUT2D eigenvalue weighted by atomic mass is 9.89. The second kappa shape index (κ2) is 8.63. The molecule has 0 radical (unpaired) electrons. The lowest BCUT2D eigenvalue weighted by Gasteiger charge is -2.14. The van der Waals surface area contributed by atoms with Crippen molar-refractivity contribution in [3.8, 4) is 11.8 Å². The van der Waals surface area contributed by atoms with Gasteiger partial charge in [-0.2, -0.15) is 5.26 Å². The molecule has 1 rings (SSSR count). The molecular weight excluding hydrogens is 267 g/mol. The Bertz CT molecular complexity index is 480. The van der Waals surface area contributed by atoms with Gasteiger partial charge in [0.25, 0.3) is 0 Å². The summed E-state index contributed by atoms with van der Waals surface area (Å²) in [6.07, 6.45) is 2.64. The Morgan fingerprint density at radius 2 is 2.05 bits per heavy atom. The Balaban J connectivity index is 2.38. The van der Waals surface area contributed by atoms with Crippen LogP contribution in [0, 0.1) is 22.6 Å². The fourth-order valence-corrected chi connectivity index (χ4v) is 1.99. The van der Waals surface area contributed by atoms with E-state index in [1.165, 1.54) is 12.1 Å². The minimum Gasteiger partial charge on any atom is -0.493 e. The molecule has 116 valence electrons. The number of ether oxygens (including phenoxy) is 1. The van der Waals surface area contributed by atoms with E-state index in [0.717, 1.165) is 31.4 Å². The number of rotatable bonds is 9. The van der Waals surface area contributed by atoms with E-state index in [1.807, 2.05) is 26.8 Å². The number of benzene rings is 1. The molecule has 1 aromatic carbocycles. The van der Waals surface area contributed by atoms with Crippen molar-refractivity contribution in [3.63, 3.8) is 0 Å². The molecule has 0 saturated heterocycles. The number of nitrogens with zero attached hydrogens (tertiary/aromatic N) is 1. The normalized spacial score (nSPS) is 11.2. The van der Waals surface area contributed by atoms with Crippen LogP contribution in [0.2, 0.25) is 0 Å². The third kappa shape index (κ3) is 7.10. The maximum Gasteiger partial charge on any atom is 0.127 e. The molecule has 21 heavy (non-hydrogen) atoms. The summed E-state index contributed by atoms with van der Waals surface area (Å²) >= 11 is 0. The fourth-order valence-electron chi connectivity index (χ4n) is 1.99. The first kappa shape index (κ1) is 17.5. The first-order valence-corrected chi connectivity index (χ1v) is 7.51. The zero-order chi connectivity index (χ0) is 15.7. The van der Waals surface area contributed by atoms with Gasteiger partial charge in [-0.15, -0.1) is 0 Å². The van der Waals surface area contributed by atoms with Gasteiger partial charge < -0.3 is 10.1 Å². The highest BCUT2D eigenvalue weighted by atomic mass is 19.1. The van der Waals surface area contributed by atoms with E-state index >= 15 is 0 Å². The van der Waals surface area contributed by atoms with Crippen molar-refractivity contribution >= 4 is 0 Å². The van der Waals surface area contributed by atoms with Gasteiger partial charge in [0, 0.05) is 12.6 Å². The molecule has 0 unspecified atom stereocenters. The molecule has 0 aliphatic heterocycles. The Hall–Kier alpha value is -1.60. The van der Waals surface area contributed by atoms with Crippen molar-refractivity contribution in [2.75, 3.05) is 13.2 Å². The van der Waals surface area contributed by atoms with Crippen LogP contribution in [0.1, 0.15) is 45.6 Å². The van der Waals surface area contributed by atoms with Crippen LogP contribution < -0.4 is 10.1 Å². The van der Waals surface area contributed by atoms with Gasteiger partial charge in [0.15, 0.2) is 0 Å². The molecule has 1 aromatic rings. The second-order valence-corrected chi connectivity index (χ2v) is 5.88. The van der Waals surface area contributed by atoms with Crippen LogP contribution in [0.15, 0.2) is 18.2 Å². The largest absolute Gasteiger partial charge is 0.493 e. The molecule has 3 nitrogen and oxygen atoms in total.